The summed E-state index contributed by atoms with van der Waals surface area (Å²) in [6.07, 6.45) is -15.2. The SMILES string of the molecule is Cc1ccc2c(c1)c1cc(C)ccc1n2-c1cc(-n2c3ccc(C)cc3c3cc(C)ccc32)c(-c2cccc(C(F)(F)F)c2)c(C(F)(F)F)c1-c1cccc(C(F)(F)F)c1. The molecule has 0 spiro atoms. The molecule has 9 aromatic rings. The number of aromatic nitrogens is 2. The number of alkyl halides is 9. The topological polar surface area (TPSA) is 9.86 Å². The molecule has 0 saturated carbocycles. The molecule has 0 aliphatic carbocycles. The van der Waals surface area contributed by atoms with Crippen LogP contribution < -0.4 is 0 Å². The third-order valence-corrected chi connectivity index (χ3v) is 11.2. The van der Waals surface area contributed by atoms with Crippen LogP contribution in [0, 0.1) is 27.7 Å². The van der Waals surface area contributed by atoms with Crippen molar-refractivity contribution in [1.82, 2.24) is 9.13 Å². The standard InChI is InChI=1S/C49H33F9N2/c1-26-11-15-38-34(19-26)35-20-27(2)12-16-39(35)59(38)42-25-43(60-40-17-13-28(3)21-36(40)37-22-29(4)14-18-41(37)60)45(31-8-6-10-33(24-31)48(53,54)55)46(49(56,57)58)44(42)30-7-5-9-32(23-30)47(50,51)52/h5-25H,1-4H3. The van der Waals surface area contributed by atoms with Crippen LogP contribution in [0.3, 0.4) is 0 Å². The third kappa shape index (κ3) is 6.38. The number of aryl methyl sites for hydroxylation is 4. The van der Waals surface area contributed by atoms with Crippen LogP contribution in [0.1, 0.15) is 38.9 Å². The van der Waals surface area contributed by atoms with Crippen molar-refractivity contribution in [1.29, 1.82) is 0 Å². The predicted molar refractivity (Wildman–Crippen MR) is 220 cm³/mol. The predicted octanol–water partition coefficient (Wildman–Crippen LogP) is 15.5. The Morgan fingerprint density at radius 2 is 0.667 bits per heavy atom. The lowest BCUT2D eigenvalue weighted by atomic mass is 9.87. The van der Waals surface area contributed by atoms with E-state index in [4.69, 9.17) is 0 Å². The number of nitrogens with zero attached hydrogens (tertiary/aromatic N) is 2. The second-order valence-corrected chi connectivity index (χ2v) is 15.4. The lowest BCUT2D eigenvalue weighted by Crippen LogP contribution is -2.16. The molecule has 2 nitrogen and oxygen atoms in total. The smallest absolute Gasteiger partial charge is 0.309 e. The molecular weight excluding hydrogens is 788 g/mol. The van der Waals surface area contributed by atoms with Gasteiger partial charge in [-0.2, -0.15) is 39.5 Å². The molecule has 2 heterocycles. The van der Waals surface area contributed by atoms with Gasteiger partial charge in [0.2, 0.25) is 0 Å². The Labute approximate surface area is 337 Å². The molecule has 0 bridgehead atoms. The lowest BCUT2D eigenvalue weighted by molar-refractivity contribution is -0.138. The van der Waals surface area contributed by atoms with Gasteiger partial charge < -0.3 is 9.13 Å². The quantitative estimate of drug-likeness (QED) is 0.157. The summed E-state index contributed by atoms with van der Waals surface area (Å²) in [4.78, 5) is 0. The van der Waals surface area contributed by atoms with E-state index in [0.29, 0.717) is 55.7 Å². The summed E-state index contributed by atoms with van der Waals surface area (Å²) in [7, 11) is 0. The maximum atomic E-state index is 16.6. The minimum Gasteiger partial charge on any atom is -0.309 e. The molecule has 0 N–H and O–H groups in total. The first kappa shape index (κ1) is 39.0. The zero-order valence-electron chi connectivity index (χ0n) is 32.4. The van der Waals surface area contributed by atoms with Crippen molar-refractivity contribution in [3.05, 3.63) is 166 Å². The molecule has 2 aromatic heterocycles. The van der Waals surface area contributed by atoms with E-state index in [1.165, 1.54) is 18.2 Å². The van der Waals surface area contributed by atoms with Crippen molar-refractivity contribution in [2.45, 2.75) is 46.2 Å². The molecule has 0 radical (unpaired) electrons. The molecule has 0 saturated heterocycles. The van der Waals surface area contributed by atoms with Gasteiger partial charge in [-0.3, -0.25) is 0 Å². The van der Waals surface area contributed by atoms with Crippen molar-refractivity contribution >= 4 is 43.6 Å². The lowest BCUT2D eigenvalue weighted by Gasteiger charge is -2.27. The Balaban J connectivity index is 1.59. The zero-order chi connectivity index (χ0) is 42.6. The van der Waals surface area contributed by atoms with Crippen LogP contribution in [0.5, 0.6) is 0 Å². The average Bonchev–Trinajstić information content (AvgIpc) is 3.67. The van der Waals surface area contributed by atoms with Gasteiger partial charge in [0, 0.05) is 32.7 Å². The molecule has 0 atom stereocenters. The van der Waals surface area contributed by atoms with E-state index in [0.717, 1.165) is 46.5 Å². The van der Waals surface area contributed by atoms with Gasteiger partial charge in [-0.05, 0) is 118 Å². The first-order chi connectivity index (χ1) is 28.3. The fourth-order valence-corrected chi connectivity index (χ4v) is 8.60. The second kappa shape index (κ2) is 13.5. The summed E-state index contributed by atoms with van der Waals surface area (Å²) in [5.74, 6) is 0. The van der Waals surface area contributed by atoms with E-state index in [1.54, 1.807) is 57.7 Å². The molecular formula is C49H33F9N2. The van der Waals surface area contributed by atoms with Gasteiger partial charge in [0.05, 0.1) is 50.1 Å². The number of halogens is 9. The maximum absolute atomic E-state index is 16.6. The molecule has 0 amide bonds. The minimum atomic E-state index is -5.34. The summed E-state index contributed by atoms with van der Waals surface area (Å²) in [5.41, 5.74) is -0.704. The van der Waals surface area contributed by atoms with Gasteiger partial charge in [0.25, 0.3) is 0 Å². The van der Waals surface area contributed by atoms with Crippen LogP contribution in [0.15, 0.2) is 127 Å². The Kier molecular flexibility index (Phi) is 8.79. The molecule has 9 rings (SSSR count). The minimum absolute atomic E-state index is 0.116. The molecule has 0 aliphatic rings. The molecule has 0 unspecified atom stereocenters. The molecule has 302 valence electrons. The largest absolute Gasteiger partial charge is 0.417 e. The van der Waals surface area contributed by atoms with Crippen LogP contribution in [-0.4, -0.2) is 9.13 Å². The van der Waals surface area contributed by atoms with Crippen molar-refractivity contribution in [2.24, 2.45) is 0 Å². The van der Waals surface area contributed by atoms with Gasteiger partial charge in [-0.15, -0.1) is 0 Å². The van der Waals surface area contributed by atoms with Crippen molar-refractivity contribution in [2.75, 3.05) is 0 Å². The van der Waals surface area contributed by atoms with Gasteiger partial charge >= 0.3 is 18.5 Å². The molecule has 60 heavy (non-hydrogen) atoms. The first-order valence-electron chi connectivity index (χ1n) is 19.0. The van der Waals surface area contributed by atoms with Crippen molar-refractivity contribution < 1.29 is 39.5 Å². The van der Waals surface area contributed by atoms with Crippen LogP contribution in [0.2, 0.25) is 0 Å². The highest BCUT2D eigenvalue weighted by Gasteiger charge is 2.42. The Bertz CT molecular complexity index is 2890. The first-order valence-corrected chi connectivity index (χ1v) is 19.0. The summed E-state index contributed by atoms with van der Waals surface area (Å²) in [5, 5.41) is 2.79. The third-order valence-electron chi connectivity index (χ3n) is 11.2. The highest BCUT2D eigenvalue weighted by molar-refractivity contribution is 6.12. The highest BCUT2D eigenvalue weighted by atomic mass is 19.4. The van der Waals surface area contributed by atoms with Crippen LogP contribution in [-0.2, 0) is 18.5 Å². The number of fused-ring (bicyclic) bond motifs is 6. The Morgan fingerprint density at radius 1 is 0.350 bits per heavy atom. The van der Waals surface area contributed by atoms with Gasteiger partial charge in [-0.1, -0.05) is 70.8 Å². The van der Waals surface area contributed by atoms with Gasteiger partial charge in [-0.25, -0.2) is 0 Å². The zero-order valence-corrected chi connectivity index (χ0v) is 32.4. The van der Waals surface area contributed by atoms with Crippen LogP contribution in [0.25, 0.3) is 77.2 Å². The molecule has 11 heteroatoms. The van der Waals surface area contributed by atoms with E-state index in [2.05, 4.69) is 0 Å². The van der Waals surface area contributed by atoms with E-state index >= 15 is 13.2 Å². The molecule has 0 fully saturated rings. The molecule has 0 aliphatic heterocycles. The van der Waals surface area contributed by atoms with E-state index in [-0.39, 0.29) is 11.4 Å². The summed E-state index contributed by atoms with van der Waals surface area (Å²) in [6, 6.07) is 30.6. The fourth-order valence-electron chi connectivity index (χ4n) is 8.60. The number of benzene rings is 7. The van der Waals surface area contributed by atoms with Gasteiger partial charge in [0.15, 0.2) is 0 Å². The summed E-state index contributed by atoms with van der Waals surface area (Å²) < 4.78 is 140. The average molecular weight is 821 g/mol. The van der Waals surface area contributed by atoms with Crippen molar-refractivity contribution in [3.63, 3.8) is 0 Å². The van der Waals surface area contributed by atoms with Crippen LogP contribution in [0.4, 0.5) is 39.5 Å². The number of rotatable bonds is 4. The highest BCUT2D eigenvalue weighted by Crippen LogP contribution is 2.52. The second-order valence-electron chi connectivity index (χ2n) is 15.4. The maximum Gasteiger partial charge on any atom is 0.417 e. The van der Waals surface area contributed by atoms with E-state index in [1.807, 2.05) is 52.0 Å². The number of hydrogen-bond donors (Lipinski definition) is 0. The fraction of sp³-hybridized carbons (Fsp3) is 0.143. The van der Waals surface area contributed by atoms with E-state index in [9.17, 15) is 26.3 Å². The Hall–Kier alpha value is -6.49. The summed E-state index contributed by atoms with van der Waals surface area (Å²) in [6.45, 7) is 7.51. The monoisotopic (exact) mass is 820 g/mol. The van der Waals surface area contributed by atoms with Gasteiger partial charge in [0.1, 0.15) is 0 Å². The van der Waals surface area contributed by atoms with E-state index < -0.39 is 57.5 Å². The van der Waals surface area contributed by atoms with Crippen LogP contribution >= 0.6 is 0 Å². The molecule has 7 aromatic carbocycles. The normalized spacial score (nSPS) is 12.8. The Morgan fingerprint density at radius 3 is 0.950 bits per heavy atom. The summed E-state index contributed by atoms with van der Waals surface area (Å²) >= 11 is 0. The van der Waals surface area contributed by atoms with Crippen molar-refractivity contribution in [3.8, 4) is 33.6 Å². The number of hydrogen-bond acceptors (Lipinski definition) is 0.